The molecule has 105 heavy (non-hydrogen) atoms. The third-order valence-electron chi connectivity index (χ3n) is 16.9. The van der Waals surface area contributed by atoms with Gasteiger partial charge in [-0.25, -0.2) is 29.7 Å². The number of hydrogen-bond donors (Lipinski definition) is 4. The number of fused-ring (bicyclic) bond motifs is 3. The summed E-state index contributed by atoms with van der Waals surface area (Å²) in [6.45, 7) is 12.0. The molecular formula is C79H65N21O5. The Hall–Kier alpha value is -14.7. The molecule has 0 spiro atoms. The quantitative estimate of drug-likeness (QED) is 0.0653. The minimum atomic E-state index is -0.368. The van der Waals surface area contributed by atoms with Crippen molar-refractivity contribution < 1.29 is 23.7 Å². The Labute approximate surface area is 602 Å². The molecule has 0 unspecified atom stereocenters. The number of H-pyrrole nitrogens is 1. The predicted octanol–water partition coefficient (Wildman–Crippen LogP) is 16.1. The van der Waals surface area contributed by atoms with Crippen LogP contribution in [0.4, 0.5) is 34.9 Å². The monoisotopic (exact) mass is 1390 g/mol. The van der Waals surface area contributed by atoms with E-state index in [-0.39, 0.29) is 5.97 Å². The summed E-state index contributed by atoms with van der Waals surface area (Å²) in [6, 6.07) is 52.9. The summed E-state index contributed by atoms with van der Waals surface area (Å²) in [5.41, 5.74) is 19.9. The van der Waals surface area contributed by atoms with Crippen molar-refractivity contribution in [2.45, 2.75) is 41.5 Å². The second kappa shape index (κ2) is 30.0. The van der Waals surface area contributed by atoms with Gasteiger partial charge in [0.15, 0.2) is 16.8 Å². The topological polar surface area (TPSA) is 334 Å². The molecule has 0 amide bonds. The number of carbonyl (C=O) groups is 1. The van der Waals surface area contributed by atoms with E-state index in [9.17, 15) is 4.79 Å². The summed E-state index contributed by atoms with van der Waals surface area (Å²) in [7, 11) is 7.08. The number of aryl methyl sites for hydroxylation is 9. The molecule has 15 rings (SSSR count). The van der Waals surface area contributed by atoms with Crippen molar-refractivity contribution in [1.82, 2.24) is 73.7 Å². The van der Waals surface area contributed by atoms with E-state index in [0.717, 1.165) is 107 Å². The number of methoxy groups -OCH3 is 1. The van der Waals surface area contributed by atoms with Gasteiger partial charge in [0.05, 0.1) is 77.1 Å². The van der Waals surface area contributed by atoms with Crippen molar-refractivity contribution in [3.05, 3.63) is 245 Å². The number of imidazole rings is 2. The normalized spacial score (nSPS) is 10.8. The van der Waals surface area contributed by atoms with Gasteiger partial charge >= 0.3 is 5.97 Å². The first kappa shape index (κ1) is 68.8. The predicted molar refractivity (Wildman–Crippen MR) is 398 cm³/mol. The lowest BCUT2D eigenvalue weighted by molar-refractivity contribution is 0.0600. The zero-order chi connectivity index (χ0) is 73.4. The fourth-order valence-corrected chi connectivity index (χ4v) is 11.8. The number of esters is 1. The highest BCUT2D eigenvalue weighted by Crippen LogP contribution is 2.40. The first-order chi connectivity index (χ1) is 50.9. The molecular weight excluding hydrogens is 1320 g/mol. The Bertz CT molecular complexity index is 5820. The summed E-state index contributed by atoms with van der Waals surface area (Å²) in [5, 5.41) is 40.8. The number of benzene rings is 7. The van der Waals surface area contributed by atoms with Gasteiger partial charge in [-0.15, -0.1) is 0 Å². The van der Waals surface area contributed by atoms with E-state index in [1.54, 1.807) is 104 Å². The maximum absolute atomic E-state index is 11.8. The fraction of sp³-hybridized carbons (Fsp3) is 0.127. The SMILES string of the molecule is COC(=O)c1ccc(-c2cc(C)c(Oc3nc(Nc4ccc(C#N)cc4)nc4ncn(C)c34)c(C)c2)cc1.Cc1cc(-c2ccncn2)cc(C)c1Oc1nc(Nc2ccc(C#N)cc2)nc2ccn(C)c12.Cc1cc(-c2ccnn2C)cc(C)c1Oc1nc(Nc2ccc(C#N)cc2)nc2nc[nH]c12. The van der Waals surface area contributed by atoms with Crippen molar-refractivity contribution in [3.8, 4) is 86.7 Å². The fourth-order valence-electron chi connectivity index (χ4n) is 11.8. The second-order valence-corrected chi connectivity index (χ2v) is 24.4. The molecule has 0 fully saturated rings. The van der Waals surface area contributed by atoms with Crippen LogP contribution in [0.5, 0.6) is 34.9 Å². The largest absolute Gasteiger partial charge is 0.465 e. The Morgan fingerprint density at radius 1 is 0.476 bits per heavy atom. The van der Waals surface area contributed by atoms with Gasteiger partial charge in [0.2, 0.25) is 23.7 Å². The molecule has 0 aliphatic rings. The molecule has 516 valence electrons. The van der Waals surface area contributed by atoms with Crippen LogP contribution in [0.3, 0.4) is 0 Å². The maximum Gasteiger partial charge on any atom is 0.337 e. The van der Waals surface area contributed by atoms with Crippen molar-refractivity contribution in [1.29, 1.82) is 15.8 Å². The summed E-state index contributed by atoms with van der Waals surface area (Å²) in [6.07, 6.45) is 10.2. The highest BCUT2D eigenvalue weighted by molar-refractivity contribution is 5.90. The van der Waals surface area contributed by atoms with Crippen molar-refractivity contribution in [2.75, 3.05) is 23.1 Å². The van der Waals surface area contributed by atoms with Crippen LogP contribution in [0, 0.1) is 75.5 Å². The van der Waals surface area contributed by atoms with E-state index in [0.29, 0.717) is 85.8 Å². The minimum absolute atomic E-state index is 0.327. The van der Waals surface area contributed by atoms with Crippen LogP contribution < -0.4 is 30.2 Å². The summed E-state index contributed by atoms with van der Waals surface area (Å²) >= 11 is 0. The summed E-state index contributed by atoms with van der Waals surface area (Å²) in [5.74, 6) is 4.05. The van der Waals surface area contributed by atoms with Gasteiger partial charge in [-0.2, -0.15) is 45.8 Å². The van der Waals surface area contributed by atoms with E-state index in [2.05, 4.69) is 106 Å². The van der Waals surface area contributed by atoms with Gasteiger partial charge < -0.3 is 49.0 Å². The highest BCUT2D eigenvalue weighted by Gasteiger charge is 2.22. The van der Waals surface area contributed by atoms with E-state index in [1.807, 2.05) is 149 Å². The van der Waals surface area contributed by atoms with Crippen LogP contribution >= 0.6 is 0 Å². The first-order valence-corrected chi connectivity index (χ1v) is 32.7. The Balaban J connectivity index is 0.000000140. The molecule has 7 aromatic carbocycles. The molecule has 4 N–H and O–H groups in total. The Morgan fingerprint density at radius 3 is 1.46 bits per heavy atom. The van der Waals surface area contributed by atoms with Crippen LogP contribution in [-0.4, -0.2) is 86.8 Å². The molecule has 0 aliphatic carbocycles. The lowest BCUT2D eigenvalue weighted by Crippen LogP contribution is -2.03. The number of nitriles is 3. The third kappa shape index (κ3) is 15.2. The van der Waals surface area contributed by atoms with E-state index in [4.69, 9.17) is 34.7 Å². The molecule has 8 heterocycles. The maximum atomic E-state index is 11.8. The molecule has 26 nitrogen and oxygen atoms in total. The van der Waals surface area contributed by atoms with E-state index < -0.39 is 0 Å². The van der Waals surface area contributed by atoms with Crippen molar-refractivity contribution in [2.24, 2.45) is 21.1 Å². The van der Waals surface area contributed by atoms with E-state index >= 15 is 0 Å². The molecule has 0 radical (unpaired) electrons. The number of anilines is 6. The molecule has 8 aromatic heterocycles. The van der Waals surface area contributed by atoms with Gasteiger partial charge in [0.25, 0.3) is 11.8 Å². The zero-order valence-corrected chi connectivity index (χ0v) is 58.5. The van der Waals surface area contributed by atoms with Gasteiger partial charge in [0, 0.05) is 67.9 Å². The number of rotatable bonds is 16. The van der Waals surface area contributed by atoms with Crippen LogP contribution in [0.25, 0.3) is 67.0 Å². The third-order valence-corrected chi connectivity index (χ3v) is 16.9. The van der Waals surface area contributed by atoms with Crippen LogP contribution in [0.1, 0.15) is 60.4 Å². The van der Waals surface area contributed by atoms with Gasteiger partial charge in [-0.05, 0) is 226 Å². The van der Waals surface area contributed by atoms with Crippen molar-refractivity contribution >= 4 is 74.2 Å². The molecule has 0 aliphatic heterocycles. The zero-order valence-electron chi connectivity index (χ0n) is 58.5. The number of carbonyl (C=O) groups excluding carboxylic acids is 1. The molecule has 0 saturated heterocycles. The molecule has 15 aromatic rings. The number of aromatic amines is 1. The minimum Gasteiger partial charge on any atom is -0.465 e. The number of aromatic nitrogens is 15. The second-order valence-electron chi connectivity index (χ2n) is 24.4. The average Bonchev–Trinajstić information content (AvgIpc) is 1.73. The van der Waals surface area contributed by atoms with E-state index in [1.165, 1.54) is 7.11 Å². The number of nitrogens with zero attached hydrogens (tertiary/aromatic N) is 17. The smallest absolute Gasteiger partial charge is 0.337 e. The van der Waals surface area contributed by atoms with Crippen LogP contribution in [0.15, 0.2) is 189 Å². The summed E-state index contributed by atoms with van der Waals surface area (Å²) < 4.78 is 29.5. The lowest BCUT2D eigenvalue weighted by Gasteiger charge is -2.15. The average molecular weight is 1390 g/mol. The number of nitrogens with one attached hydrogen (secondary N) is 4. The highest BCUT2D eigenvalue weighted by atomic mass is 16.5. The molecule has 0 atom stereocenters. The Morgan fingerprint density at radius 2 is 0.962 bits per heavy atom. The number of hydrogen-bond acceptors (Lipinski definition) is 22. The van der Waals surface area contributed by atoms with Gasteiger partial charge in [-0.1, -0.05) is 12.1 Å². The number of ether oxygens (including phenoxy) is 4. The molecule has 0 bridgehead atoms. The molecule has 0 saturated carbocycles. The lowest BCUT2D eigenvalue weighted by atomic mass is 9.99. The van der Waals surface area contributed by atoms with Crippen molar-refractivity contribution in [3.63, 3.8) is 0 Å². The Kier molecular flexibility index (Phi) is 19.7. The van der Waals surface area contributed by atoms with Gasteiger partial charge in [0.1, 0.15) is 34.6 Å². The van der Waals surface area contributed by atoms with Gasteiger partial charge in [-0.3, -0.25) is 4.68 Å². The van der Waals surface area contributed by atoms with Crippen LogP contribution in [-0.2, 0) is 25.9 Å². The standard InChI is InChI=1S/C29H24N6O3.C26H21N7O.C24H20N8O/c1-17-13-22(20-7-9-21(10-8-20)28(36)37-4)14-18(2)25(17)38-27-24-26(31-16-35(24)3)33-29(34-27)32-23-11-5-19(15-30)6-12-23;1-16-12-19(21-8-10-28-15-29-21)13-17(2)24(16)34-25-23-22(9-11-33(23)3)31-26(32-25)30-20-6-4-18(14-27)5-7-20;1-14-10-17(19-8-9-28-32(19)3)11-15(2)21(14)33-23-20-22(27-13-26-20)30-24(31-23)29-18-6-4-16(12-25)5-7-18/h5-14,16H,1-4H3,(H,32,33,34);4-13,15H,1-3H3,(H,30,31,32);4-11,13H,1-3H3,(H2,26,27,29,30,31). The first-order valence-electron chi connectivity index (χ1n) is 32.7. The molecule has 26 heteroatoms. The summed E-state index contributed by atoms with van der Waals surface area (Å²) in [4.78, 5) is 59.4. The van der Waals surface area contributed by atoms with Crippen LogP contribution in [0.2, 0.25) is 0 Å².